The average molecular weight is 1710 g/mol. The van der Waals surface area contributed by atoms with E-state index in [0.29, 0.717) is 46.0 Å². The molecule has 3 saturated heterocycles. The average Bonchev–Trinajstić information content (AvgIpc) is 0.762. The molecule has 0 N–H and O–H groups in total. The lowest BCUT2D eigenvalue weighted by Crippen LogP contribution is -2.67. The Bertz CT molecular complexity index is 4510. The minimum Gasteiger partial charge on any atom is -0.497 e. The lowest BCUT2D eigenvalue weighted by molar-refractivity contribution is -0.385. The predicted molar refractivity (Wildman–Crippen MR) is 466 cm³/mol. The molecule has 0 amide bonds. The molecule has 0 saturated carbocycles. The molecule has 12 rings (SSSR count). The van der Waals surface area contributed by atoms with E-state index in [2.05, 4.69) is 40.4 Å². The molecule has 0 bridgehead atoms. The third kappa shape index (κ3) is 25.9. The zero-order chi connectivity index (χ0) is 85.8. The van der Waals surface area contributed by atoms with Crippen LogP contribution in [0.15, 0.2) is 242 Å². The molecule has 3 heterocycles. The summed E-state index contributed by atoms with van der Waals surface area (Å²) in [5.74, 6) is 5.47. The Morgan fingerprint density at radius 2 is 0.607 bits per heavy atom. The summed E-state index contributed by atoms with van der Waals surface area (Å²) in [5, 5.41) is -0.232. The molecule has 3 aliphatic heterocycles. The molecule has 3 aliphatic rings. The van der Waals surface area contributed by atoms with Crippen molar-refractivity contribution in [1.82, 2.24) is 0 Å². The predicted octanol–water partition coefficient (Wildman–Crippen LogP) is 17.3. The van der Waals surface area contributed by atoms with Crippen molar-refractivity contribution in [3.63, 3.8) is 0 Å². The second kappa shape index (κ2) is 46.2. The van der Waals surface area contributed by atoms with Crippen molar-refractivity contribution in [2.75, 3.05) is 83.3 Å². The lowest BCUT2D eigenvalue weighted by atomic mass is 9.95. The van der Waals surface area contributed by atoms with Gasteiger partial charge in [0.15, 0.2) is 20.9 Å². The first kappa shape index (κ1) is 92.3. The van der Waals surface area contributed by atoms with Crippen LogP contribution in [0.5, 0.6) is 46.0 Å². The van der Waals surface area contributed by atoms with Gasteiger partial charge in [-0.3, -0.25) is 0 Å². The van der Waals surface area contributed by atoms with E-state index in [4.69, 9.17) is 109 Å². The summed E-state index contributed by atoms with van der Waals surface area (Å²) >= 11 is 1.49. The molecule has 9 aromatic rings. The molecule has 0 radical (unpaired) electrons. The summed E-state index contributed by atoms with van der Waals surface area (Å²) in [6.07, 6.45) is -13.0. The summed E-state index contributed by atoms with van der Waals surface area (Å²) in [4.78, 5) is 0.916. The maximum absolute atomic E-state index is 8.06. The van der Waals surface area contributed by atoms with Crippen LogP contribution in [-0.2, 0) is 124 Å². The van der Waals surface area contributed by atoms with Gasteiger partial charge in [0.05, 0.1) is 136 Å². The van der Waals surface area contributed by atoms with E-state index in [1.54, 1.807) is 63.0 Å². The van der Waals surface area contributed by atoms with Crippen LogP contribution < -0.4 is 37.9 Å². The van der Waals surface area contributed by atoms with Gasteiger partial charge in [-0.1, -0.05) is 154 Å². The normalized spacial score (nSPS) is 23.0. The van der Waals surface area contributed by atoms with E-state index in [1.165, 1.54) is 11.8 Å². The molecule has 0 spiro atoms. The van der Waals surface area contributed by atoms with E-state index in [9.17, 15) is 0 Å². The topological polar surface area (TPSA) is 212 Å². The number of rotatable bonds is 46. The highest BCUT2D eigenvalue weighted by Gasteiger charge is 2.57. The van der Waals surface area contributed by atoms with Crippen LogP contribution in [0.3, 0.4) is 0 Å². The largest absolute Gasteiger partial charge is 0.497 e. The Labute approximate surface area is 723 Å². The van der Waals surface area contributed by atoms with E-state index in [1.807, 2.05) is 224 Å². The van der Waals surface area contributed by atoms with Crippen molar-refractivity contribution >= 4 is 20.1 Å². The van der Waals surface area contributed by atoms with Crippen LogP contribution in [0.1, 0.15) is 65.3 Å². The second-order valence-electron chi connectivity index (χ2n) is 31.4. The van der Waals surface area contributed by atoms with Crippen LogP contribution in [-0.4, -0.2) is 183 Å². The van der Waals surface area contributed by atoms with Gasteiger partial charge in [0.1, 0.15) is 125 Å². The maximum atomic E-state index is 8.06. The van der Waals surface area contributed by atoms with Gasteiger partial charge in [-0.05, 0) is 172 Å². The molecule has 9 aromatic carbocycles. The number of methoxy groups -OCH3 is 8. The third-order valence-electron chi connectivity index (χ3n) is 22.2. The van der Waals surface area contributed by atoms with Crippen LogP contribution >= 0.6 is 11.8 Å². The van der Waals surface area contributed by atoms with Crippen LogP contribution in [0.2, 0.25) is 18.1 Å². The minimum absolute atomic E-state index is 0.0224. The highest BCUT2D eigenvalue weighted by Crippen LogP contribution is 2.43. The molecule has 0 unspecified atom stereocenters. The zero-order valence-electron chi connectivity index (χ0n) is 72.1. The van der Waals surface area contributed by atoms with Crippen molar-refractivity contribution in [2.45, 2.75) is 188 Å². The SMILES string of the molecule is C=CCO[C@H]1[C@@H](OCc2ccc(OC)cc2)[C@H](OCc2ccc(OC)cc2)[C@@H](CO[C@H]2O[C@H](COCc3ccc(OC)cc3)[C@@H](OCc3ccc(OC)cc3)[C@H](OCc3ccc(OC)cc3)[C@@H]2O[C@H]2O[C@H](CO[Si](C)(C)C(C)(C)C)[C@@H](OCc3ccc(OC)cc3)[C@H](OCc3ccc(OC)cc3)[C@@H]2OCc2ccc(OC)cc2)O[C@@H]1Sc1ccccc1. The van der Waals surface area contributed by atoms with Crippen LogP contribution in [0, 0.1) is 0 Å². The smallest absolute Gasteiger partial charge is 0.192 e. The molecule has 0 aliphatic carbocycles. The quantitative estimate of drug-likeness (QED) is 0.0256. The van der Waals surface area contributed by atoms with Gasteiger partial charge < -0.3 is 109 Å². The molecule has 25 heteroatoms. The van der Waals surface area contributed by atoms with Crippen LogP contribution in [0.4, 0.5) is 0 Å². The van der Waals surface area contributed by atoms with Crippen LogP contribution in [0.25, 0.3) is 0 Å². The number of benzene rings is 9. The summed E-state index contributed by atoms with van der Waals surface area (Å²) < 4.78 is 157. The van der Waals surface area contributed by atoms with Gasteiger partial charge in [0, 0.05) is 4.90 Å². The number of ether oxygens (including phenoxy) is 22. The van der Waals surface area contributed by atoms with Crippen molar-refractivity contribution < 1.29 is 109 Å². The molecule has 654 valence electrons. The molecular weight excluding hydrogens is 1590 g/mol. The summed E-state index contributed by atoms with van der Waals surface area (Å²) in [6.45, 7) is 15.8. The highest BCUT2D eigenvalue weighted by atomic mass is 32.2. The Morgan fingerprint density at radius 3 is 0.943 bits per heavy atom. The molecule has 3 fully saturated rings. The minimum atomic E-state index is -2.61. The van der Waals surface area contributed by atoms with E-state index in [0.717, 1.165) is 49.4 Å². The lowest BCUT2D eigenvalue weighted by Gasteiger charge is -2.51. The third-order valence-corrected chi connectivity index (χ3v) is 27.9. The van der Waals surface area contributed by atoms with Crippen molar-refractivity contribution in [3.8, 4) is 46.0 Å². The molecular formula is C97H118O23SSi. The van der Waals surface area contributed by atoms with E-state index in [-0.39, 0.29) is 84.3 Å². The fraction of sp³-hybridized carbons (Fsp3) is 0.423. The van der Waals surface area contributed by atoms with Gasteiger partial charge in [-0.2, -0.15) is 0 Å². The van der Waals surface area contributed by atoms with Gasteiger partial charge in [-0.25, -0.2) is 0 Å². The first-order chi connectivity index (χ1) is 59.4. The standard InChI is InChI=1S/C97H118O23SSi/c1-15-53-107-93-90(113-60-71-33-49-79(104-11)50-34-71)86(109-56-67-25-41-75(100-7)42-26-67)83(119-96(93)121-81-19-17-16-18-20-81)63-115-94-92(89(112-59-70-31-47-78(103-10)48-32-70)85(108-55-66-23-39-74(99-6)40-24-66)82(117-94)62-106-54-65-21-37-73(98-5)38-22-65)120-95-91(114-61-72-35-51-80(105-12)52-36-72)88(111-58-69-29-45-77(102-9)46-30-69)87(110-57-68-27-43-76(101-8)44-28-68)84(118-95)64-116-122(13,14)97(2,3)4/h15-52,82-96H,1,53-64H2,2-14H3/t82-,83-,84-,85-,86-,87-,88+,89+,90+,91+,92+,93+,94+,95-,96-/m1/s1. The molecule has 122 heavy (non-hydrogen) atoms. The monoisotopic (exact) mass is 1710 g/mol. The summed E-state index contributed by atoms with van der Waals surface area (Å²) in [5.41, 5.74) is 6.03. The summed E-state index contributed by atoms with van der Waals surface area (Å²) in [7, 11) is 10.5. The highest BCUT2D eigenvalue weighted by molar-refractivity contribution is 7.99. The molecule has 23 nitrogen and oxygen atoms in total. The van der Waals surface area contributed by atoms with Crippen molar-refractivity contribution in [3.05, 3.63) is 282 Å². The van der Waals surface area contributed by atoms with E-state index < -0.39 is 99.6 Å². The fourth-order valence-corrected chi connectivity index (χ4v) is 16.3. The van der Waals surface area contributed by atoms with Gasteiger partial charge in [0.2, 0.25) is 0 Å². The number of hydrogen-bond donors (Lipinski definition) is 0. The number of hydrogen-bond acceptors (Lipinski definition) is 24. The Balaban J connectivity index is 1.04. The van der Waals surface area contributed by atoms with Crippen molar-refractivity contribution in [1.29, 1.82) is 0 Å². The Hall–Kier alpha value is -8.91. The maximum Gasteiger partial charge on any atom is 0.192 e. The fourth-order valence-electron chi connectivity index (χ4n) is 14.1. The summed E-state index contributed by atoms with van der Waals surface area (Å²) in [6, 6.07) is 71.8. The van der Waals surface area contributed by atoms with Gasteiger partial charge in [0.25, 0.3) is 0 Å². The molecule has 0 aromatic heterocycles. The van der Waals surface area contributed by atoms with E-state index >= 15 is 0 Å². The van der Waals surface area contributed by atoms with Gasteiger partial charge in [-0.15, -0.1) is 6.58 Å². The number of thioether (sulfide) groups is 1. The first-order valence-corrected chi connectivity index (χ1v) is 44.9. The van der Waals surface area contributed by atoms with Gasteiger partial charge >= 0.3 is 0 Å². The zero-order valence-corrected chi connectivity index (χ0v) is 73.9. The second-order valence-corrected chi connectivity index (χ2v) is 37.4. The first-order valence-electron chi connectivity index (χ1n) is 41.1. The Kier molecular flexibility index (Phi) is 34.9. The van der Waals surface area contributed by atoms with Crippen molar-refractivity contribution in [2.24, 2.45) is 0 Å². The Morgan fingerprint density at radius 1 is 0.311 bits per heavy atom. The molecule has 15 atom stereocenters.